The SMILES string of the molecule is O=C(Cn1c(=O)oc2cc(Cl)ccc21)Nc1ccccc1. The average Bonchev–Trinajstić information content (AvgIpc) is 2.75. The molecule has 0 aliphatic heterocycles. The minimum atomic E-state index is -0.588. The minimum absolute atomic E-state index is 0.123. The number of para-hydroxylation sites is 1. The van der Waals surface area contributed by atoms with E-state index in [9.17, 15) is 9.59 Å². The number of nitrogens with zero attached hydrogens (tertiary/aromatic N) is 1. The molecule has 3 aromatic rings. The van der Waals surface area contributed by atoms with Gasteiger partial charge in [0, 0.05) is 16.8 Å². The molecule has 1 amide bonds. The predicted octanol–water partition coefficient (Wildman–Crippen LogP) is 2.89. The zero-order valence-corrected chi connectivity index (χ0v) is 11.6. The molecule has 0 atom stereocenters. The van der Waals surface area contributed by atoms with Gasteiger partial charge in [0.1, 0.15) is 6.54 Å². The molecule has 1 heterocycles. The van der Waals surface area contributed by atoms with Crippen molar-refractivity contribution >= 4 is 34.3 Å². The lowest BCUT2D eigenvalue weighted by atomic mass is 10.3. The minimum Gasteiger partial charge on any atom is -0.408 e. The number of hydrogen-bond donors (Lipinski definition) is 1. The molecule has 0 spiro atoms. The second kappa shape index (κ2) is 5.46. The topological polar surface area (TPSA) is 64.2 Å². The molecule has 0 saturated heterocycles. The summed E-state index contributed by atoms with van der Waals surface area (Å²) in [5.74, 6) is -0.892. The summed E-state index contributed by atoms with van der Waals surface area (Å²) in [5.41, 5.74) is 1.57. The third kappa shape index (κ3) is 2.83. The Kier molecular flexibility index (Phi) is 3.50. The van der Waals surface area contributed by atoms with Gasteiger partial charge >= 0.3 is 5.76 Å². The van der Waals surface area contributed by atoms with Crippen LogP contribution in [0.15, 0.2) is 57.7 Å². The number of carbonyl (C=O) groups is 1. The number of carbonyl (C=O) groups excluding carboxylic acids is 1. The molecule has 0 fully saturated rings. The lowest BCUT2D eigenvalue weighted by Crippen LogP contribution is -2.24. The van der Waals surface area contributed by atoms with E-state index < -0.39 is 5.76 Å². The largest absolute Gasteiger partial charge is 0.420 e. The van der Waals surface area contributed by atoms with E-state index in [0.29, 0.717) is 21.8 Å². The summed E-state index contributed by atoms with van der Waals surface area (Å²) < 4.78 is 6.34. The second-order valence-corrected chi connectivity index (χ2v) is 4.92. The van der Waals surface area contributed by atoms with Gasteiger partial charge in [0.05, 0.1) is 5.52 Å². The molecule has 0 radical (unpaired) electrons. The highest BCUT2D eigenvalue weighted by molar-refractivity contribution is 6.31. The Bertz CT molecular complexity index is 852. The molecule has 21 heavy (non-hydrogen) atoms. The van der Waals surface area contributed by atoms with Crippen LogP contribution in [0.2, 0.25) is 5.02 Å². The van der Waals surface area contributed by atoms with Gasteiger partial charge in [0.25, 0.3) is 0 Å². The molecule has 0 saturated carbocycles. The summed E-state index contributed by atoms with van der Waals surface area (Å²) in [6.45, 7) is -0.123. The molecule has 0 bridgehead atoms. The summed E-state index contributed by atoms with van der Waals surface area (Å²) in [5, 5.41) is 3.19. The van der Waals surface area contributed by atoms with Gasteiger partial charge in [0.15, 0.2) is 5.58 Å². The fraction of sp³-hybridized carbons (Fsp3) is 0.0667. The lowest BCUT2D eigenvalue weighted by molar-refractivity contribution is -0.116. The standard InChI is InChI=1S/C15H11ClN2O3/c16-10-6-7-12-13(8-10)21-15(20)18(12)9-14(19)17-11-4-2-1-3-5-11/h1-8H,9H2,(H,17,19). The summed E-state index contributed by atoms with van der Waals surface area (Å²) in [4.78, 5) is 23.8. The maximum absolute atomic E-state index is 12.0. The molecule has 0 aliphatic carbocycles. The van der Waals surface area contributed by atoms with Crippen LogP contribution in [-0.2, 0) is 11.3 Å². The van der Waals surface area contributed by atoms with Crippen LogP contribution in [0, 0.1) is 0 Å². The fourth-order valence-corrected chi connectivity index (χ4v) is 2.22. The van der Waals surface area contributed by atoms with Crippen LogP contribution < -0.4 is 11.1 Å². The van der Waals surface area contributed by atoms with Gasteiger partial charge in [-0.3, -0.25) is 9.36 Å². The number of nitrogens with one attached hydrogen (secondary N) is 1. The van der Waals surface area contributed by atoms with Crippen LogP contribution >= 0.6 is 11.6 Å². The Morgan fingerprint density at radius 1 is 1.19 bits per heavy atom. The number of anilines is 1. The van der Waals surface area contributed by atoms with E-state index in [0.717, 1.165) is 0 Å². The molecule has 1 N–H and O–H groups in total. The Labute approximate surface area is 124 Å². The summed E-state index contributed by atoms with van der Waals surface area (Å²) in [6.07, 6.45) is 0. The van der Waals surface area contributed by atoms with Crippen molar-refractivity contribution in [1.29, 1.82) is 0 Å². The van der Waals surface area contributed by atoms with Gasteiger partial charge in [-0.25, -0.2) is 4.79 Å². The van der Waals surface area contributed by atoms with Gasteiger partial charge in [-0.05, 0) is 24.3 Å². The third-order valence-electron chi connectivity index (χ3n) is 2.99. The van der Waals surface area contributed by atoms with E-state index >= 15 is 0 Å². The van der Waals surface area contributed by atoms with Crippen molar-refractivity contribution in [2.24, 2.45) is 0 Å². The van der Waals surface area contributed by atoms with E-state index in [4.69, 9.17) is 16.0 Å². The quantitative estimate of drug-likeness (QED) is 0.809. The first kappa shape index (κ1) is 13.5. The molecule has 6 heteroatoms. The zero-order valence-electron chi connectivity index (χ0n) is 10.9. The Balaban J connectivity index is 1.86. The lowest BCUT2D eigenvalue weighted by Gasteiger charge is -2.05. The number of hydrogen-bond acceptors (Lipinski definition) is 3. The van der Waals surface area contributed by atoms with E-state index in [-0.39, 0.29) is 12.5 Å². The maximum atomic E-state index is 12.0. The first-order valence-electron chi connectivity index (χ1n) is 6.27. The highest BCUT2D eigenvalue weighted by atomic mass is 35.5. The number of amides is 1. The smallest absolute Gasteiger partial charge is 0.408 e. The fourth-order valence-electron chi connectivity index (χ4n) is 2.06. The molecule has 0 unspecified atom stereocenters. The van der Waals surface area contributed by atoms with Crippen molar-refractivity contribution in [3.05, 3.63) is 64.1 Å². The van der Waals surface area contributed by atoms with E-state index in [1.54, 1.807) is 30.3 Å². The number of oxazole rings is 1. The van der Waals surface area contributed by atoms with E-state index in [1.807, 2.05) is 18.2 Å². The van der Waals surface area contributed by atoms with Crippen LogP contribution in [-0.4, -0.2) is 10.5 Å². The molecular formula is C15H11ClN2O3. The van der Waals surface area contributed by atoms with Crippen LogP contribution in [0.4, 0.5) is 5.69 Å². The third-order valence-corrected chi connectivity index (χ3v) is 3.22. The predicted molar refractivity (Wildman–Crippen MR) is 80.6 cm³/mol. The number of benzene rings is 2. The maximum Gasteiger partial charge on any atom is 0.420 e. The van der Waals surface area contributed by atoms with Crippen LogP contribution in [0.3, 0.4) is 0 Å². The average molecular weight is 303 g/mol. The van der Waals surface area contributed by atoms with Crippen molar-refractivity contribution in [2.75, 3.05) is 5.32 Å². The van der Waals surface area contributed by atoms with Crippen molar-refractivity contribution in [1.82, 2.24) is 4.57 Å². The molecule has 106 valence electrons. The van der Waals surface area contributed by atoms with Gasteiger partial charge in [-0.15, -0.1) is 0 Å². The summed E-state index contributed by atoms with van der Waals surface area (Å²) >= 11 is 5.84. The molecular weight excluding hydrogens is 292 g/mol. The van der Waals surface area contributed by atoms with Crippen molar-refractivity contribution in [2.45, 2.75) is 6.54 Å². The normalized spacial score (nSPS) is 10.7. The Morgan fingerprint density at radius 3 is 2.71 bits per heavy atom. The number of rotatable bonds is 3. The first-order chi connectivity index (χ1) is 10.1. The summed E-state index contributed by atoms with van der Waals surface area (Å²) in [6, 6.07) is 13.9. The van der Waals surface area contributed by atoms with Crippen LogP contribution in [0.5, 0.6) is 0 Å². The van der Waals surface area contributed by atoms with Crippen molar-refractivity contribution < 1.29 is 9.21 Å². The van der Waals surface area contributed by atoms with Gasteiger partial charge in [-0.1, -0.05) is 29.8 Å². The summed E-state index contributed by atoms with van der Waals surface area (Å²) in [7, 11) is 0. The van der Waals surface area contributed by atoms with Crippen LogP contribution in [0.25, 0.3) is 11.1 Å². The van der Waals surface area contributed by atoms with Crippen LogP contribution in [0.1, 0.15) is 0 Å². The van der Waals surface area contributed by atoms with E-state index in [1.165, 1.54) is 4.57 Å². The van der Waals surface area contributed by atoms with Crippen molar-refractivity contribution in [3.63, 3.8) is 0 Å². The highest BCUT2D eigenvalue weighted by Crippen LogP contribution is 2.18. The van der Waals surface area contributed by atoms with Gasteiger partial charge in [0.2, 0.25) is 5.91 Å². The monoisotopic (exact) mass is 302 g/mol. The number of fused-ring (bicyclic) bond motifs is 1. The zero-order chi connectivity index (χ0) is 14.8. The second-order valence-electron chi connectivity index (χ2n) is 4.48. The first-order valence-corrected chi connectivity index (χ1v) is 6.65. The molecule has 5 nitrogen and oxygen atoms in total. The molecule has 2 aromatic carbocycles. The van der Waals surface area contributed by atoms with E-state index in [2.05, 4.69) is 5.32 Å². The highest BCUT2D eigenvalue weighted by Gasteiger charge is 2.13. The number of aromatic nitrogens is 1. The Hall–Kier alpha value is -2.53. The number of halogens is 1. The van der Waals surface area contributed by atoms with Gasteiger partial charge in [-0.2, -0.15) is 0 Å². The van der Waals surface area contributed by atoms with Crippen molar-refractivity contribution in [3.8, 4) is 0 Å². The molecule has 0 aliphatic rings. The molecule has 3 rings (SSSR count). The molecule has 1 aromatic heterocycles. The Morgan fingerprint density at radius 2 is 1.95 bits per heavy atom. The van der Waals surface area contributed by atoms with Gasteiger partial charge < -0.3 is 9.73 Å².